The maximum absolute atomic E-state index is 4.35. The quantitative estimate of drug-likeness (QED) is 0.746. The van der Waals surface area contributed by atoms with Crippen molar-refractivity contribution in [1.29, 1.82) is 0 Å². The van der Waals surface area contributed by atoms with Crippen molar-refractivity contribution in [3.8, 4) is 0 Å². The van der Waals surface area contributed by atoms with E-state index in [0.717, 1.165) is 11.8 Å². The Morgan fingerprint density at radius 3 is 2.64 bits per heavy atom. The van der Waals surface area contributed by atoms with Crippen LogP contribution in [0.2, 0.25) is 0 Å². The van der Waals surface area contributed by atoms with Crippen LogP contribution in [0.25, 0.3) is 0 Å². The second kappa shape index (κ2) is 4.30. The lowest BCUT2D eigenvalue weighted by Crippen LogP contribution is -2.35. The maximum atomic E-state index is 4.35. The molecule has 0 radical (unpaired) electrons. The van der Waals surface area contributed by atoms with Gasteiger partial charge in [0.05, 0.1) is 0 Å². The number of rotatable bonds is 2. The van der Waals surface area contributed by atoms with Crippen LogP contribution in [0.4, 0.5) is 5.13 Å². The molecule has 0 aromatic carbocycles. The van der Waals surface area contributed by atoms with Crippen LogP contribution in [-0.2, 0) is 0 Å². The van der Waals surface area contributed by atoms with Gasteiger partial charge in [-0.1, -0.05) is 13.8 Å². The minimum atomic E-state index is 0.841. The summed E-state index contributed by atoms with van der Waals surface area (Å²) < 4.78 is 0. The van der Waals surface area contributed by atoms with Crippen molar-refractivity contribution in [3.63, 3.8) is 0 Å². The number of anilines is 1. The summed E-state index contributed by atoms with van der Waals surface area (Å²) >= 11 is 1.75. The highest BCUT2D eigenvalue weighted by Crippen LogP contribution is 2.28. The monoisotopic (exact) mass is 210 g/mol. The summed E-state index contributed by atoms with van der Waals surface area (Å²) in [5, 5.41) is 3.26. The zero-order chi connectivity index (χ0) is 9.97. The second-order valence-corrected chi connectivity index (χ2v) is 5.26. The molecule has 0 amide bonds. The third-order valence-electron chi connectivity index (χ3n) is 3.17. The summed E-state index contributed by atoms with van der Waals surface area (Å²) in [6.45, 7) is 7.06. The van der Waals surface area contributed by atoms with E-state index in [1.54, 1.807) is 11.3 Å². The van der Waals surface area contributed by atoms with Gasteiger partial charge in [0.25, 0.3) is 0 Å². The lowest BCUT2D eigenvalue weighted by molar-refractivity contribution is 0.311. The summed E-state index contributed by atoms with van der Waals surface area (Å²) in [6.07, 6.45) is 4.56. The maximum Gasteiger partial charge on any atom is 0.185 e. The zero-order valence-electron chi connectivity index (χ0n) is 8.94. The topological polar surface area (TPSA) is 16.1 Å². The minimum absolute atomic E-state index is 0.841. The van der Waals surface area contributed by atoms with E-state index in [1.165, 1.54) is 31.1 Å². The molecule has 0 bridgehead atoms. The van der Waals surface area contributed by atoms with Gasteiger partial charge in [0.1, 0.15) is 0 Å². The van der Waals surface area contributed by atoms with Crippen LogP contribution in [0.3, 0.4) is 0 Å². The first-order valence-corrected chi connectivity index (χ1v) is 6.30. The molecule has 1 aliphatic heterocycles. The summed E-state index contributed by atoms with van der Waals surface area (Å²) in [5.74, 6) is 1.76. The fourth-order valence-electron chi connectivity index (χ4n) is 2.13. The second-order valence-electron chi connectivity index (χ2n) is 4.38. The van der Waals surface area contributed by atoms with E-state index in [-0.39, 0.29) is 0 Å². The Labute approximate surface area is 90.0 Å². The molecule has 0 N–H and O–H groups in total. The molecule has 1 saturated heterocycles. The van der Waals surface area contributed by atoms with E-state index in [1.807, 2.05) is 6.20 Å². The van der Waals surface area contributed by atoms with E-state index in [2.05, 4.69) is 29.1 Å². The number of hydrogen-bond acceptors (Lipinski definition) is 3. The number of piperidine rings is 1. The third kappa shape index (κ3) is 2.08. The first kappa shape index (κ1) is 9.97. The van der Waals surface area contributed by atoms with Crippen molar-refractivity contribution in [2.45, 2.75) is 26.7 Å². The van der Waals surface area contributed by atoms with Gasteiger partial charge in [-0.05, 0) is 24.7 Å². The van der Waals surface area contributed by atoms with Gasteiger partial charge < -0.3 is 4.90 Å². The molecule has 1 fully saturated rings. The number of thiazole rings is 1. The highest BCUT2D eigenvalue weighted by molar-refractivity contribution is 7.13. The Hall–Kier alpha value is -0.570. The Morgan fingerprint density at radius 1 is 1.43 bits per heavy atom. The van der Waals surface area contributed by atoms with E-state index in [4.69, 9.17) is 0 Å². The van der Waals surface area contributed by atoms with Gasteiger partial charge in [0, 0.05) is 24.7 Å². The van der Waals surface area contributed by atoms with Gasteiger partial charge in [-0.25, -0.2) is 4.98 Å². The van der Waals surface area contributed by atoms with Gasteiger partial charge in [0.15, 0.2) is 5.13 Å². The van der Waals surface area contributed by atoms with Crippen molar-refractivity contribution in [2.24, 2.45) is 11.8 Å². The predicted molar refractivity (Wildman–Crippen MR) is 61.9 cm³/mol. The number of hydrogen-bond donors (Lipinski definition) is 0. The first-order chi connectivity index (χ1) is 6.77. The molecule has 78 valence electrons. The molecule has 0 saturated carbocycles. The SMILES string of the molecule is CC(C)C1CCN(c2nccs2)CC1. The fourth-order valence-corrected chi connectivity index (χ4v) is 2.83. The van der Waals surface area contributed by atoms with E-state index in [0.29, 0.717) is 0 Å². The van der Waals surface area contributed by atoms with E-state index < -0.39 is 0 Å². The van der Waals surface area contributed by atoms with Crippen molar-refractivity contribution in [3.05, 3.63) is 11.6 Å². The largest absolute Gasteiger partial charge is 0.348 e. The van der Waals surface area contributed by atoms with Gasteiger partial charge in [-0.15, -0.1) is 11.3 Å². The predicted octanol–water partition coefficient (Wildman–Crippen LogP) is 3.02. The van der Waals surface area contributed by atoms with Crippen LogP contribution < -0.4 is 4.90 Å². The molecule has 1 aliphatic rings. The van der Waals surface area contributed by atoms with Crippen LogP contribution in [0.15, 0.2) is 11.6 Å². The molecule has 0 spiro atoms. The average Bonchev–Trinajstić information content (AvgIpc) is 2.71. The Bertz CT molecular complexity index is 261. The molecule has 3 heteroatoms. The molecular weight excluding hydrogens is 192 g/mol. The molecule has 0 atom stereocenters. The molecule has 2 nitrogen and oxygen atoms in total. The van der Waals surface area contributed by atoms with E-state index in [9.17, 15) is 0 Å². The van der Waals surface area contributed by atoms with Crippen LogP contribution in [0.5, 0.6) is 0 Å². The van der Waals surface area contributed by atoms with Crippen molar-refractivity contribution < 1.29 is 0 Å². The highest BCUT2D eigenvalue weighted by Gasteiger charge is 2.22. The van der Waals surface area contributed by atoms with Crippen LogP contribution in [0, 0.1) is 11.8 Å². The van der Waals surface area contributed by atoms with Crippen LogP contribution >= 0.6 is 11.3 Å². The number of nitrogens with zero attached hydrogens (tertiary/aromatic N) is 2. The summed E-state index contributed by atoms with van der Waals surface area (Å²) in [7, 11) is 0. The normalized spacial score (nSPS) is 19.2. The smallest absolute Gasteiger partial charge is 0.185 e. The standard InChI is InChI=1S/C11H18N2S/c1-9(2)10-3-6-13(7-4-10)11-12-5-8-14-11/h5,8-10H,3-4,6-7H2,1-2H3. The fraction of sp³-hybridized carbons (Fsp3) is 0.727. The van der Waals surface area contributed by atoms with Crippen LogP contribution in [-0.4, -0.2) is 18.1 Å². The average molecular weight is 210 g/mol. The summed E-state index contributed by atoms with van der Waals surface area (Å²) in [5.41, 5.74) is 0. The molecule has 1 aromatic rings. The Kier molecular flexibility index (Phi) is 3.06. The molecule has 1 aromatic heterocycles. The highest BCUT2D eigenvalue weighted by atomic mass is 32.1. The zero-order valence-corrected chi connectivity index (χ0v) is 9.76. The molecule has 14 heavy (non-hydrogen) atoms. The molecule has 0 aliphatic carbocycles. The Morgan fingerprint density at radius 2 is 2.14 bits per heavy atom. The van der Waals surface area contributed by atoms with Gasteiger partial charge in [-0.3, -0.25) is 0 Å². The first-order valence-electron chi connectivity index (χ1n) is 5.42. The lowest BCUT2D eigenvalue weighted by atomic mass is 9.87. The van der Waals surface area contributed by atoms with Crippen molar-refractivity contribution in [2.75, 3.05) is 18.0 Å². The van der Waals surface area contributed by atoms with Gasteiger partial charge in [0.2, 0.25) is 0 Å². The number of aromatic nitrogens is 1. The molecular formula is C11H18N2S. The van der Waals surface area contributed by atoms with Gasteiger partial charge >= 0.3 is 0 Å². The molecule has 0 unspecified atom stereocenters. The summed E-state index contributed by atoms with van der Waals surface area (Å²) in [4.78, 5) is 6.77. The Balaban J connectivity index is 1.90. The van der Waals surface area contributed by atoms with Crippen molar-refractivity contribution in [1.82, 2.24) is 4.98 Å². The minimum Gasteiger partial charge on any atom is -0.348 e. The van der Waals surface area contributed by atoms with Crippen molar-refractivity contribution >= 4 is 16.5 Å². The van der Waals surface area contributed by atoms with Crippen LogP contribution in [0.1, 0.15) is 26.7 Å². The molecule has 2 rings (SSSR count). The third-order valence-corrected chi connectivity index (χ3v) is 4.00. The molecule has 2 heterocycles. The van der Waals surface area contributed by atoms with Gasteiger partial charge in [-0.2, -0.15) is 0 Å². The lowest BCUT2D eigenvalue weighted by Gasteiger charge is -2.33. The van der Waals surface area contributed by atoms with E-state index >= 15 is 0 Å². The summed E-state index contributed by atoms with van der Waals surface area (Å²) in [6, 6.07) is 0.